The fraction of sp³-hybridized carbons (Fsp3) is 0.333. The van der Waals surface area contributed by atoms with E-state index in [2.05, 4.69) is 41.3 Å². The van der Waals surface area contributed by atoms with Gasteiger partial charge in [-0.1, -0.05) is 29.3 Å². The molecule has 0 aliphatic rings. The summed E-state index contributed by atoms with van der Waals surface area (Å²) in [5.41, 5.74) is 4.12. The van der Waals surface area contributed by atoms with E-state index in [4.69, 9.17) is 0 Å². The van der Waals surface area contributed by atoms with Gasteiger partial charge in [-0.25, -0.2) is 0 Å². The largest absolute Gasteiger partial charge is 0.133 e. The van der Waals surface area contributed by atoms with Gasteiger partial charge in [-0.3, -0.25) is 0 Å². The van der Waals surface area contributed by atoms with E-state index in [1.165, 1.54) is 16.7 Å². The molecule has 2 heteroatoms. The van der Waals surface area contributed by atoms with Crippen LogP contribution >= 0.6 is 33.2 Å². The number of hydrogen-bond donors (Lipinski definition) is 0. The van der Waals surface area contributed by atoms with Crippen LogP contribution in [-0.4, -0.2) is 0 Å². The second-order valence-electron chi connectivity index (χ2n) is 2.70. The summed E-state index contributed by atoms with van der Waals surface area (Å²) in [4.78, 5) is 0. The lowest BCUT2D eigenvalue weighted by atomic mass is 10.1. The van der Waals surface area contributed by atoms with Gasteiger partial charge < -0.3 is 0 Å². The fourth-order valence-corrected chi connectivity index (χ4v) is 1.42. The smallest absolute Gasteiger partial charge is 0.0128 e. The van der Waals surface area contributed by atoms with E-state index in [1.807, 2.05) is 0 Å². The van der Waals surface area contributed by atoms with Crippen LogP contribution < -0.4 is 0 Å². The first-order valence-corrected chi connectivity index (χ1v) is 4.31. The van der Waals surface area contributed by atoms with E-state index in [0.29, 0.717) is 0 Å². The molecule has 1 unspecified atom stereocenters. The van der Waals surface area contributed by atoms with Gasteiger partial charge in [0.1, 0.15) is 0 Å². The van der Waals surface area contributed by atoms with Crippen LogP contribution in [0.1, 0.15) is 16.7 Å². The molecule has 0 saturated heterocycles. The first kappa shape index (κ1) is 11.4. The van der Waals surface area contributed by atoms with Crippen LogP contribution in [0.5, 0.6) is 0 Å². The summed E-state index contributed by atoms with van der Waals surface area (Å²) in [6.45, 7) is 4.27. The van der Waals surface area contributed by atoms with Crippen molar-refractivity contribution < 1.29 is 0 Å². The molecule has 62 valence electrons. The first-order chi connectivity index (χ1) is 4.72. The molecule has 0 amide bonds. The predicted octanol–water partition coefficient (Wildman–Crippen LogP) is 3.30. The lowest BCUT2D eigenvalue weighted by Crippen LogP contribution is -1.81. The monoisotopic (exact) mass is 280 g/mol. The number of rotatable bonds is 1. The number of aryl methyl sites for hydroxylation is 2. The van der Waals surface area contributed by atoms with E-state index in [1.54, 1.807) is 0 Å². The quantitative estimate of drug-likeness (QED) is 0.547. The molecular weight excluding hydrogens is 266 g/mol. The van der Waals surface area contributed by atoms with Crippen LogP contribution in [0.3, 0.4) is 0 Å². The Hall–Kier alpha value is 0.380. The number of hydrogen-bond acceptors (Lipinski definition) is 0. The molecule has 1 atom stereocenters. The van der Waals surface area contributed by atoms with Crippen molar-refractivity contribution in [1.82, 2.24) is 0 Å². The molecule has 0 N–H and O–H groups in total. The molecule has 0 aliphatic heterocycles. The third kappa shape index (κ3) is 3.53. The highest BCUT2D eigenvalue weighted by molar-refractivity contribution is 14.0. The third-order valence-electron chi connectivity index (χ3n) is 1.52. The van der Waals surface area contributed by atoms with Crippen molar-refractivity contribution in [2.75, 3.05) is 0 Å². The molecule has 11 heavy (non-hydrogen) atoms. The highest BCUT2D eigenvalue weighted by Gasteiger charge is 1.91. The summed E-state index contributed by atoms with van der Waals surface area (Å²) in [6.07, 6.45) is 1.06. The molecule has 1 rings (SSSR count). The Bertz CT molecular complexity index is 213. The zero-order valence-corrected chi connectivity index (χ0v) is 10.4. The Morgan fingerprint density at radius 1 is 1.09 bits per heavy atom. The molecular formula is C9H14IP. The maximum atomic E-state index is 2.74. The zero-order valence-electron chi connectivity index (χ0n) is 6.92. The first-order valence-electron chi connectivity index (χ1n) is 3.49. The lowest BCUT2D eigenvalue weighted by Gasteiger charge is -2.00. The van der Waals surface area contributed by atoms with E-state index in [0.717, 1.165) is 6.16 Å². The van der Waals surface area contributed by atoms with E-state index < -0.39 is 0 Å². The molecule has 0 heterocycles. The molecule has 0 aliphatic carbocycles. The van der Waals surface area contributed by atoms with Gasteiger partial charge in [0.15, 0.2) is 0 Å². The second-order valence-corrected chi connectivity index (χ2v) is 3.11. The number of benzene rings is 1. The fourth-order valence-electron chi connectivity index (χ4n) is 1.19. The summed E-state index contributed by atoms with van der Waals surface area (Å²) in [7, 11) is 2.74. The van der Waals surface area contributed by atoms with Crippen molar-refractivity contribution in [1.29, 1.82) is 0 Å². The van der Waals surface area contributed by atoms with E-state index in [-0.39, 0.29) is 24.0 Å². The minimum absolute atomic E-state index is 0. The van der Waals surface area contributed by atoms with Gasteiger partial charge in [0.2, 0.25) is 0 Å². The van der Waals surface area contributed by atoms with Crippen molar-refractivity contribution in [2.24, 2.45) is 0 Å². The van der Waals surface area contributed by atoms with Gasteiger partial charge in [0, 0.05) is 0 Å². The van der Waals surface area contributed by atoms with Gasteiger partial charge in [0.05, 0.1) is 0 Å². The average Bonchev–Trinajstić information content (AvgIpc) is 1.85. The average molecular weight is 280 g/mol. The van der Waals surface area contributed by atoms with Crippen molar-refractivity contribution in [3.8, 4) is 0 Å². The SMILES string of the molecule is Cc1cc(C)cc(CP)c1.I. The Balaban J connectivity index is 0.000001000. The van der Waals surface area contributed by atoms with Crippen molar-refractivity contribution in [3.05, 3.63) is 34.9 Å². The molecule has 0 fully saturated rings. The van der Waals surface area contributed by atoms with Gasteiger partial charge in [-0.2, -0.15) is 0 Å². The Kier molecular flexibility index (Phi) is 5.28. The van der Waals surface area contributed by atoms with Crippen LogP contribution in [0.15, 0.2) is 18.2 Å². The Morgan fingerprint density at radius 2 is 1.55 bits per heavy atom. The van der Waals surface area contributed by atoms with Gasteiger partial charge >= 0.3 is 0 Å². The maximum absolute atomic E-state index is 2.74. The van der Waals surface area contributed by atoms with Crippen molar-refractivity contribution >= 4 is 33.2 Å². The van der Waals surface area contributed by atoms with Gasteiger partial charge in [-0.05, 0) is 25.6 Å². The van der Waals surface area contributed by atoms with Crippen LogP contribution in [-0.2, 0) is 6.16 Å². The lowest BCUT2D eigenvalue weighted by molar-refractivity contribution is 1.30. The molecule has 0 nitrogen and oxygen atoms in total. The summed E-state index contributed by atoms with van der Waals surface area (Å²) in [6, 6.07) is 6.64. The predicted molar refractivity (Wildman–Crippen MR) is 64.7 cm³/mol. The third-order valence-corrected chi connectivity index (χ3v) is 1.99. The number of halogens is 1. The summed E-state index contributed by atoms with van der Waals surface area (Å²) >= 11 is 0. The zero-order chi connectivity index (χ0) is 7.56. The minimum atomic E-state index is 0. The van der Waals surface area contributed by atoms with Crippen LogP contribution in [0.2, 0.25) is 0 Å². The normalized spacial score (nSPS) is 9.00. The van der Waals surface area contributed by atoms with Crippen molar-refractivity contribution in [2.45, 2.75) is 20.0 Å². The topological polar surface area (TPSA) is 0 Å². The summed E-state index contributed by atoms with van der Waals surface area (Å²) in [5.74, 6) is 0. The molecule has 0 bridgehead atoms. The van der Waals surface area contributed by atoms with Gasteiger partial charge in [-0.15, -0.1) is 33.2 Å². The van der Waals surface area contributed by atoms with E-state index >= 15 is 0 Å². The Morgan fingerprint density at radius 3 is 1.91 bits per heavy atom. The minimum Gasteiger partial charge on any atom is -0.133 e. The van der Waals surface area contributed by atoms with Gasteiger partial charge in [0.25, 0.3) is 0 Å². The van der Waals surface area contributed by atoms with Crippen molar-refractivity contribution in [3.63, 3.8) is 0 Å². The van der Waals surface area contributed by atoms with Crippen LogP contribution in [0.4, 0.5) is 0 Å². The van der Waals surface area contributed by atoms with E-state index in [9.17, 15) is 0 Å². The maximum Gasteiger partial charge on any atom is -0.0128 e. The summed E-state index contributed by atoms with van der Waals surface area (Å²) < 4.78 is 0. The molecule has 0 spiro atoms. The highest BCUT2D eigenvalue weighted by Crippen LogP contribution is 2.11. The summed E-state index contributed by atoms with van der Waals surface area (Å²) in [5, 5.41) is 0. The molecule has 0 saturated carbocycles. The van der Waals surface area contributed by atoms with Crippen LogP contribution in [0.25, 0.3) is 0 Å². The second kappa shape index (κ2) is 5.10. The Labute approximate surface area is 88.0 Å². The molecule has 0 radical (unpaired) electrons. The van der Waals surface area contributed by atoms with Crippen LogP contribution in [0, 0.1) is 13.8 Å². The highest BCUT2D eigenvalue weighted by atomic mass is 127. The standard InChI is InChI=1S/C9H13P.HI/c1-7-3-8(2)5-9(4-7)6-10;/h3-5H,6,10H2,1-2H3;1H. The molecule has 1 aromatic carbocycles. The molecule has 0 aromatic heterocycles. The molecule has 1 aromatic rings.